The molecule has 2 N–H and O–H groups in total. The zero-order chi connectivity index (χ0) is 18.1. The van der Waals surface area contributed by atoms with Crippen molar-refractivity contribution in [1.29, 1.82) is 5.26 Å². The van der Waals surface area contributed by atoms with Crippen LogP contribution in [0.3, 0.4) is 0 Å². The minimum atomic E-state index is -0.497. The van der Waals surface area contributed by atoms with Gasteiger partial charge in [-0.3, -0.25) is 4.79 Å². The Balaban J connectivity index is 1.43. The van der Waals surface area contributed by atoms with Crippen molar-refractivity contribution in [3.05, 3.63) is 53.2 Å². The maximum atomic E-state index is 11.1. The van der Waals surface area contributed by atoms with Gasteiger partial charge in [0.05, 0.1) is 23.7 Å². The molecule has 0 bridgehead atoms. The van der Waals surface area contributed by atoms with Crippen molar-refractivity contribution < 1.29 is 9.53 Å². The first-order valence-corrected chi connectivity index (χ1v) is 8.85. The van der Waals surface area contributed by atoms with E-state index in [9.17, 15) is 10.1 Å². The number of hydrogen-bond donors (Lipinski definition) is 1. The van der Waals surface area contributed by atoms with Gasteiger partial charge in [0.2, 0.25) is 11.8 Å². The monoisotopic (exact) mass is 348 g/mol. The Hall–Kier alpha value is -3.07. The van der Waals surface area contributed by atoms with Gasteiger partial charge in [0, 0.05) is 30.9 Å². The predicted molar refractivity (Wildman–Crippen MR) is 97.1 cm³/mol. The number of carbonyl (C=O) groups is 1. The lowest BCUT2D eigenvalue weighted by Crippen LogP contribution is -2.25. The van der Waals surface area contributed by atoms with Gasteiger partial charge in [0.15, 0.2) is 0 Å². The first-order valence-electron chi connectivity index (χ1n) is 8.85. The summed E-state index contributed by atoms with van der Waals surface area (Å²) in [6, 6.07) is 11.7. The van der Waals surface area contributed by atoms with Gasteiger partial charge in [0.1, 0.15) is 6.10 Å². The van der Waals surface area contributed by atoms with E-state index in [1.807, 2.05) is 12.1 Å². The molecular formula is C20H20N4O2. The summed E-state index contributed by atoms with van der Waals surface area (Å²) in [5.74, 6) is 0.552. The van der Waals surface area contributed by atoms with Gasteiger partial charge in [-0.2, -0.15) is 5.26 Å². The number of benzene rings is 1. The van der Waals surface area contributed by atoms with E-state index in [4.69, 9.17) is 10.5 Å². The normalized spacial score (nSPS) is 19.2. The van der Waals surface area contributed by atoms with E-state index in [1.165, 1.54) is 24.6 Å². The molecule has 1 aliphatic carbocycles. The Labute approximate surface area is 152 Å². The van der Waals surface area contributed by atoms with Crippen molar-refractivity contribution in [3.63, 3.8) is 0 Å². The number of amides is 1. The highest BCUT2D eigenvalue weighted by Gasteiger charge is 2.29. The van der Waals surface area contributed by atoms with Gasteiger partial charge in [-0.25, -0.2) is 4.98 Å². The van der Waals surface area contributed by atoms with Crippen LogP contribution in [0.5, 0.6) is 5.88 Å². The summed E-state index contributed by atoms with van der Waals surface area (Å²) < 4.78 is 5.94. The number of pyridine rings is 1. The summed E-state index contributed by atoms with van der Waals surface area (Å²) in [4.78, 5) is 17.5. The molecule has 1 amide bonds. The minimum absolute atomic E-state index is 0.0435. The molecule has 1 atom stereocenters. The van der Waals surface area contributed by atoms with Crippen molar-refractivity contribution in [2.24, 2.45) is 5.73 Å². The molecule has 26 heavy (non-hydrogen) atoms. The van der Waals surface area contributed by atoms with Crippen LogP contribution < -0.4 is 15.4 Å². The Morgan fingerprint density at radius 2 is 2.12 bits per heavy atom. The molecule has 6 nitrogen and oxygen atoms in total. The van der Waals surface area contributed by atoms with Crippen LogP contribution in [0.4, 0.5) is 5.69 Å². The van der Waals surface area contributed by atoms with E-state index in [2.05, 4.69) is 22.0 Å². The Morgan fingerprint density at radius 1 is 1.27 bits per heavy atom. The molecule has 0 unspecified atom stereocenters. The Morgan fingerprint density at radius 3 is 2.77 bits per heavy atom. The molecule has 2 aromatic rings. The Bertz CT molecular complexity index is 868. The van der Waals surface area contributed by atoms with Crippen LogP contribution in [0.1, 0.15) is 46.7 Å². The number of anilines is 1. The SMILES string of the molecule is N#Cc1ccc(N2CC[C@H](Oc3ccc(C(N)=O)cn3)C2)cc1C1CC1. The zero-order valence-electron chi connectivity index (χ0n) is 14.4. The summed E-state index contributed by atoms with van der Waals surface area (Å²) in [6.45, 7) is 1.68. The number of carbonyl (C=O) groups excluding carboxylic acids is 1. The number of aromatic nitrogens is 1. The molecular weight excluding hydrogens is 328 g/mol. The quantitative estimate of drug-likeness (QED) is 0.896. The average Bonchev–Trinajstić information content (AvgIpc) is 3.41. The number of nitrogens with zero attached hydrogens (tertiary/aromatic N) is 3. The molecule has 6 heteroatoms. The lowest BCUT2D eigenvalue weighted by molar-refractivity contribution is 0.1000. The van der Waals surface area contributed by atoms with Crippen LogP contribution in [0.2, 0.25) is 0 Å². The second kappa shape index (κ2) is 6.68. The topological polar surface area (TPSA) is 92.2 Å². The van der Waals surface area contributed by atoms with E-state index in [1.54, 1.807) is 12.1 Å². The van der Waals surface area contributed by atoms with Crippen molar-refractivity contribution >= 4 is 11.6 Å². The fraction of sp³-hybridized carbons (Fsp3) is 0.350. The molecule has 1 aromatic carbocycles. The minimum Gasteiger partial charge on any atom is -0.472 e. The van der Waals surface area contributed by atoms with Gasteiger partial charge in [-0.15, -0.1) is 0 Å². The lowest BCUT2D eigenvalue weighted by atomic mass is 10.0. The first-order chi connectivity index (χ1) is 12.6. The third kappa shape index (κ3) is 3.33. The highest BCUT2D eigenvalue weighted by molar-refractivity contribution is 5.92. The maximum absolute atomic E-state index is 11.1. The smallest absolute Gasteiger partial charge is 0.250 e. The van der Waals surface area contributed by atoms with E-state index in [0.29, 0.717) is 17.4 Å². The molecule has 1 saturated carbocycles. The summed E-state index contributed by atoms with van der Waals surface area (Å²) in [6.07, 6.45) is 4.74. The van der Waals surface area contributed by atoms with E-state index >= 15 is 0 Å². The average molecular weight is 348 g/mol. The summed E-state index contributed by atoms with van der Waals surface area (Å²) in [7, 11) is 0. The van der Waals surface area contributed by atoms with Gasteiger partial charge < -0.3 is 15.4 Å². The number of primary amides is 1. The molecule has 1 saturated heterocycles. The molecule has 0 spiro atoms. The molecule has 132 valence electrons. The van der Waals surface area contributed by atoms with Crippen molar-refractivity contribution in [1.82, 2.24) is 4.98 Å². The van der Waals surface area contributed by atoms with Crippen LogP contribution in [0.25, 0.3) is 0 Å². The van der Waals surface area contributed by atoms with Gasteiger partial charge in [-0.05, 0) is 48.6 Å². The maximum Gasteiger partial charge on any atom is 0.250 e. The van der Waals surface area contributed by atoms with Crippen LogP contribution in [0.15, 0.2) is 36.5 Å². The zero-order valence-corrected chi connectivity index (χ0v) is 14.4. The molecule has 2 fully saturated rings. The number of rotatable bonds is 5. The molecule has 1 aromatic heterocycles. The molecule has 2 aliphatic rings. The van der Waals surface area contributed by atoms with E-state index < -0.39 is 5.91 Å². The number of nitriles is 1. The van der Waals surface area contributed by atoms with Crippen LogP contribution >= 0.6 is 0 Å². The molecule has 4 rings (SSSR count). The fourth-order valence-corrected chi connectivity index (χ4v) is 3.41. The van der Waals surface area contributed by atoms with Crippen molar-refractivity contribution in [2.45, 2.75) is 31.3 Å². The lowest BCUT2D eigenvalue weighted by Gasteiger charge is -2.20. The summed E-state index contributed by atoms with van der Waals surface area (Å²) in [5.41, 5.74) is 8.71. The van der Waals surface area contributed by atoms with E-state index in [0.717, 1.165) is 30.8 Å². The Kier molecular flexibility index (Phi) is 4.21. The first kappa shape index (κ1) is 16.4. The molecule has 1 aliphatic heterocycles. The largest absolute Gasteiger partial charge is 0.472 e. The van der Waals surface area contributed by atoms with Crippen LogP contribution in [-0.2, 0) is 0 Å². The second-order valence-electron chi connectivity index (χ2n) is 6.88. The summed E-state index contributed by atoms with van der Waals surface area (Å²) >= 11 is 0. The third-order valence-electron chi connectivity index (χ3n) is 4.99. The van der Waals surface area contributed by atoms with Crippen molar-refractivity contribution in [3.8, 4) is 11.9 Å². The van der Waals surface area contributed by atoms with Gasteiger partial charge in [0.25, 0.3) is 0 Å². The summed E-state index contributed by atoms with van der Waals surface area (Å²) in [5, 5.41) is 9.29. The fourth-order valence-electron chi connectivity index (χ4n) is 3.41. The van der Waals surface area contributed by atoms with Gasteiger partial charge in [-0.1, -0.05) is 0 Å². The van der Waals surface area contributed by atoms with Crippen LogP contribution in [0, 0.1) is 11.3 Å². The predicted octanol–water partition coefficient (Wildman–Crippen LogP) is 2.59. The molecule has 2 heterocycles. The molecule has 0 radical (unpaired) electrons. The number of nitrogens with two attached hydrogens (primary N) is 1. The van der Waals surface area contributed by atoms with Gasteiger partial charge >= 0.3 is 0 Å². The highest BCUT2D eigenvalue weighted by Crippen LogP contribution is 2.43. The number of ether oxygens (including phenoxy) is 1. The van der Waals surface area contributed by atoms with Crippen molar-refractivity contribution in [2.75, 3.05) is 18.0 Å². The third-order valence-corrected chi connectivity index (χ3v) is 4.99. The highest BCUT2D eigenvalue weighted by atomic mass is 16.5. The second-order valence-corrected chi connectivity index (χ2v) is 6.88. The standard InChI is InChI=1S/C20H20N4O2/c21-10-14-3-5-16(9-18(14)13-1-2-13)24-8-7-17(12-24)26-19-6-4-15(11-23-19)20(22)25/h3-6,9,11,13,17H,1-2,7-8,12H2,(H2,22,25)/t17-/m0/s1. The van der Waals surface area contributed by atoms with E-state index in [-0.39, 0.29) is 6.10 Å². The van der Waals surface area contributed by atoms with Crippen LogP contribution in [-0.4, -0.2) is 30.1 Å². The number of hydrogen-bond acceptors (Lipinski definition) is 5.